The first-order valence-corrected chi connectivity index (χ1v) is 9.17. The molecule has 3 rings (SSSR count). The number of hydrogen-bond acceptors (Lipinski definition) is 7. The number of rotatable bonds is 6. The molecule has 0 fully saturated rings. The number of aryl methyl sites for hydroxylation is 1. The number of nitrogens with zero attached hydrogens (tertiary/aromatic N) is 3. The van der Waals surface area contributed by atoms with Gasteiger partial charge in [0.05, 0.1) is 28.8 Å². The van der Waals surface area contributed by atoms with Gasteiger partial charge in [0.2, 0.25) is 5.95 Å². The predicted molar refractivity (Wildman–Crippen MR) is 108 cm³/mol. The van der Waals surface area contributed by atoms with Crippen LogP contribution >= 0.6 is 0 Å². The minimum Gasteiger partial charge on any atom is -0.462 e. The van der Waals surface area contributed by atoms with Gasteiger partial charge in [-0.25, -0.2) is 14.8 Å². The summed E-state index contributed by atoms with van der Waals surface area (Å²) >= 11 is 0. The van der Waals surface area contributed by atoms with Crippen LogP contribution in [0.3, 0.4) is 0 Å². The molecule has 0 aliphatic heterocycles. The number of nitrogens with one attached hydrogen (secondary N) is 2. The number of hydrogen-bond donors (Lipinski definition) is 2. The first kappa shape index (κ1) is 20.0. The van der Waals surface area contributed by atoms with E-state index in [4.69, 9.17) is 4.74 Å². The molecule has 0 aliphatic rings. The van der Waals surface area contributed by atoms with Crippen molar-refractivity contribution in [3.8, 4) is 0 Å². The average Bonchev–Trinajstić information content (AvgIpc) is 2.72. The lowest BCUT2D eigenvalue weighted by Crippen LogP contribution is -2.34. The number of aromatic nitrogens is 3. The number of anilines is 1. The third-order valence-electron chi connectivity index (χ3n) is 4.28. The topological polar surface area (TPSA) is 115 Å². The maximum Gasteiger partial charge on any atom is 0.339 e. The van der Waals surface area contributed by atoms with Crippen LogP contribution in [-0.2, 0) is 11.3 Å². The van der Waals surface area contributed by atoms with Crippen molar-refractivity contribution in [2.24, 2.45) is 0 Å². The summed E-state index contributed by atoms with van der Waals surface area (Å²) in [7, 11) is 0. The van der Waals surface area contributed by atoms with Crippen LogP contribution in [-0.4, -0.2) is 33.0 Å². The smallest absolute Gasteiger partial charge is 0.339 e. The second-order valence-electron chi connectivity index (χ2n) is 6.13. The molecule has 0 spiro atoms. The van der Waals surface area contributed by atoms with Gasteiger partial charge in [0.15, 0.2) is 0 Å². The second kappa shape index (κ2) is 8.51. The Balaban J connectivity index is 1.81. The first-order chi connectivity index (χ1) is 14.0. The summed E-state index contributed by atoms with van der Waals surface area (Å²) in [5, 5.41) is 0.498. The van der Waals surface area contributed by atoms with Crippen molar-refractivity contribution < 1.29 is 14.3 Å². The first-order valence-electron chi connectivity index (χ1n) is 9.17. The molecule has 0 bridgehead atoms. The van der Waals surface area contributed by atoms with Crippen molar-refractivity contribution in [1.82, 2.24) is 20.0 Å². The van der Waals surface area contributed by atoms with Gasteiger partial charge in [0, 0.05) is 6.54 Å². The van der Waals surface area contributed by atoms with E-state index in [1.165, 1.54) is 16.7 Å². The van der Waals surface area contributed by atoms with E-state index in [1.54, 1.807) is 38.1 Å². The molecule has 150 valence electrons. The van der Waals surface area contributed by atoms with E-state index >= 15 is 0 Å². The van der Waals surface area contributed by atoms with Crippen LogP contribution in [0.5, 0.6) is 0 Å². The van der Waals surface area contributed by atoms with Gasteiger partial charge in [-0.2, -0.15) is 0 Å². The Labute approximate surface area is 166 Å². The van der Waals surface area contributed by atoms with Crippen molar-refractivity contribution >= 4 is 28.7 Å². The Morgan fingerprint density at radius 3 is 2.55 bits per heavy atom. The monoisotopic (exact) mass is 395 g/mol. The van der Waals surface area contributed by atoms with Gasteiger partial charge in [0.1, 0.15) is 5.69 Å². The van der Waals surface area contributed by atoms with Crippen LogP contribution in [0.15, 0.2) is 41.2 Å². The molecule has 0 atom stereocenters. The lowest BCUT2D eigenvalue weighted by molar-refractivity contribution is 0.0524. The molecule has 0 radical (unpaired) electrons. The number of carbonyl (C=O) groups is 2. The number of ether oxygens (including phenoxy) is 1. The zero-order chi connectivity index (χ0) is 21.0. The van der Waals surface area contributed by atoms with Crippen LogP contribution in [0, 0.1) is 6.92 Å². The number of carbonyl (C=O) groups excluding carboxylic acids is 2. The van der Waals surface area contributed by atoms with Gasteiger partial charge in [-0.15, -0.1) is 0 Å². The van der Waals surface area contributed by atoms with E-state index in [1.807, 2.05) is 6.92 Å². The normalized spacial score (nSPS) is 10.6. The molecule has 3 aromatic rings. The molecule has 0 aliphatic carbocycles. The largest absolute Gasteiger partial charge is 0.462 e. The molecule has 0 saturated heterocycles. The molecule has 2 aromatic heterocycles. The number of amides is 1. The predicted octanol–water partition coefficient (Wildman–Crippen LogP) is 2.05. The summed E-state index contributed by atoms with van der Waals surface area (Å²) in [5.41, 5.74) is 6.28. The van der Waals surface area contributed by atoms with E-state index in [2.05, 4.69) is 20.8 Å². The van der Waals surface area contributed by atoms with Crippen molar-refractivity contribution in [2.45, 2.75) is 27.3 Å². The van der Waals surface area contributed by atoms with Crippen LogP contribution in [0.4, 0.5) is 5.95 Å². The van der Waals surface area contributed by atoms with E-state index in [0.29, 0.717) is 28.7 Å². The number of hydrazine groups is 1. The van der Waals surface area contributed by atoms with Gasteiger partial charge in [0.25, 0.3) is 11.5 Å². The third-order valence-corrected chi connectivity index (χ3v) is 4.28. The van der Waals surface area contributed by atoms with Gasteiger partial charge < -0.3 is 4.74 Å². The van der Waals surface area contributed by atoms with Crippen LogP contribution in [0.2, 0.25) is 0 Å². The molecule has 0 unspecified atom stereocenters. The lowest BCUT2D eigenvalue weighted by atomic mass is 10.2. The SMILES string of the molecule is CCOC(=O)c1ccc(C(=O)NNc2nc3ccccc3c(=O)n2CC)nc1C. The minimum absolute atomic E-state index is 0.106. The summed E-state index contributed by atoms with van der Waals surface area (Å²) < 4.78 is 6.38. The second-order valence-corrected chi connectivity index (χ2v) is 6.13. The zero-order valence-electron chi connectivity index (χ0n) is 16.4. The van der Waals surface area contributed by atoms with Crippen molar-refractivity contribution in [3.05, 3.63) is 63.7 Å². The fourth-order valence-electron chi connectivity index (χ4n) is 2.85. The Morgan fingerprint density at radius 2 is 1.86 bits per heavy atom. The minimum atomic E-state index is -0.534. The summed E-state index contributed by atoms with van der Waals surface area (Å²) in [6.45, 7) is 5.77. The summed E-state index contributed by atoms with van der Waals surface area (Å²) in [4.78, 5) is 45.5. The summed E-state index contributed by atoms with van der Waals surface area (Å²) in [5.74, 6) is -0.812. The van der Waals surface area contributed by atoms with Gasteiger partial charge in [-0.1, -0.05) is 12.1 Å². The van der Waals surface area contributed by atoms with E-state index in [0.717, 1.165) is 0 Å². The zero-order valence-corrected chi connectivity index (χ0v) is 16.4. The average molecular weight is 395 g/mol. The molecule has 9 nitrogen and oxygen atoms in total. The Bertz CT molecular complexity index is 1140. The quantitative estimate of drug-likeness (QED) is 0.485. The Hall–Kier alpha value is -3.75. The van der Waals surface area contributed by atoms with Crippen LogP contribution in [0.25, 0.3) is 10.9 Å². The van der Waals surface area contributed by atoms with Crippen LogP contribution < -0.4 is 16.4 Å². The summed E-state index contributed by atoms with van der Waals surface area (Å²) in [6, 6.07) is 9.90. The van der Waals surface area contributed by atoms with Crippen molar-refractivity contribution in [1.29, 1.82) is 0 Å². The highest BCUT2D eigenvalue weighted by atomic mass is 16.5. The fourth-order valence-corrected chi connectivity index (χ4v) is 2.85. The van der Waals surface area contributed by atoms with Crippen LogP contribution in [0.1, 0.15) is 40.4 Å². The van der Waals surface area contributed by atoms with E-state index in [9.17, 15) is 14.4 Å². The molecule has 0 saturated carbocycles. The maximum absolute atomic E-state index is 12.6. The molecule has 9 heteroatoms. The molecular weight excluding hydrogens is 374 g/mol. The Kier molecular flexibility index (Phi) is 5.87. The number of para-hydroxylation sites is 1. The summed E-state index contributed by atoms with van der Waals surface area (Å²) in [6.07, 6.45) is 0. The lowest BCUT2D eigenvalue weighted by Gasteiger charge is -2.14. The number of pyridine rings is 1. The highest BCUT2D eigenvalue weighted by molar-refractivity contribution is 5.95. The molecule has 1 amide bonds. The van der Waals surface area contributed by atoms with Gasteiger partial charge in [-0.3, -0.25) is 25.0 Å². The van der Waals surface area contributed by atoms with Crippen molar-refractivity contribution in [3.63, 3.8) is 0 Å². The molecule has 2 N–H and O–H groups in total. The van der Waals surface area contributed by atoms with Gasteiger partial charge in [-0.05, 0) is 45.0 Å². The van der Waals surface area contributed by atoms with Gasteiger partial charge >= 0.3 is 5.97 Å². The number of esters is 1. The third kappa shape index (κ3) is 4.08. The highest BCUT2D eigenvalue weighted by Gasteiger charge is 2.16. The standard InChI is InChI=1S/C20H21N5O4/c1-4-25-18(27)14-8-6-7-9-15(14)22-20(25)24-23-17(26)16-11-10-13(12(3)21-16)19(28)29-5-2/h6-11H,4-5H2,1-3H3,(H,22,24)(H,23,26). The molecule has 1 aromatic carbocycles. The molecular formula is C20H21N5O4. The number of benzene rings is 1. The molecule has 29 heavy (non-hydrogen) atoms. The Morgan fingerprint density at radius 1 is 1.10 bits per heavy atom. The van der Waals surface area contributed by atoms with Crippen molar-refractivity contribution in [2.75, 3.05) is 12.0 Å². The van der Waals surface area contributed by atoms with E-state index < -0.39 is 11.9 Å². The van der Waals surface area contributed by atoms with E-state index in [-0.39, 0.29) is 23.8 Å². The fraction of sp³-hybridized carbons (Fsp3) is 0.250. The highest BCUT2D eigenvalue weighted by Crippen LogP contribution is 2.11. The molecule has 2 heterocycles. The number of fused-ring (bicyclic) bond motifs is 1. The maximum atomic E-state index is 12.6.